The monoisotopic (exact) mass is 321 g/mol. The van der Waals surface area contributed by atoms with Gasteiger partial charge in [0.2, 0.25) is 5.95 Å². The zero-order valence-electron chi connectivity index (χ0n) is 13.6. The van der Waals surface area contributed by atoms with Crippen molar-refractivity contribution in [2.24, 2.45) is 0 Å². The van der Waals surface area contributed by atoms with Crippen LogP contribution >= 0.6 is 0 Å². The number of aromatic nitrogens is 2. The predicted octanol–water partition coefficient (Wildman–Crippen LogP) is 1.46. The molecule has 126 valence electrons. The maximum absolute atomic E-state index is 10.7. The van der Waals surface area contributed by atoms with Gasteiger partial charge in [-0.15, -0.1) is 0 Å². The molecule has 0 saturated carbocycles. The van der Waals surface area contributed by atoms with Crippen LogP contribution in [0.2, 0.25) is 0 Å². The molecule has 1 aromatic heterocycles. The van der Waals surface area contributed by atoms with Crippen molar-refractivity contribution in [1.29, 1.82) is 0 Å². The molecule has 8 heteroatoms. The molecule has 0 radical (unpaired) electrons. The molecule has 2 fully saturated rings. The molecule has 1 aromatic rings. The van der Waals surface area contributed by atoms with Crippen LogP contribution in [-0.4, -0.2) is 64.2 Å². The van der Waals surface area contributed by atoms with Crippen LogP contribution in [0.1, 0.15) is 26.7 Å². The lowest BCUT2D eigenvalue weighted by molar-refractivity contribution is -0.385. The van der Waals surface area contributed by atoms with Gasteiger partial charge in [0.05, 0.1) is 17.1 Å². The number of nitrogens with zero attached hydrogens (tertiary/aromatic N) is 5. The van der Waals surface area contributed by atoms with E-state index < -0.39 is 4.92 Å². The zero-order chi connectivity index (χ0) is 16.4. The summed E-state index contributed by atoms with van der Waals surface area (Å²) in [4.78, 5) is 23.2. The molecule has 23 heavy (non-hydrogen) atoms. The SMILES string of the molecule is C[C@@H]1CN(C[C@H]2CCCN2c2ncc([N+](=O)[O-])cn2)C[C@@H](C)O1. The van der Waals surface area contributed by atoms with E-state index in [4.69, 9.17) is 4.74 Å². The van der Waals surface area contributed by atoms with Gasteiger partial charge in [-0.05, 0) is 26.7 Å². The van der Waals surface area contributed by atoms with E-state index in [-0.39, 0.29) is 17.9 Å². The van der Waals surface area contributed by atoms with Gasteiger partial charge in [0.15, 0.2) is 0 Å². The quantitative estimate of drug-likeness (QED) is 0.613. The molecule has 0 N–H and O–H groups in total. The fourth-order valence-electron chi connectivity index (χ4n) is 3.58. The lowest BCUT2D eigenvalue weighted by Gasteiger charge is -2.38. The van der Waals surface area contributed by atoms with Gasteiger partial charge < -0.3 is 9.64 Å². The van der Waals surface area contributed by atoms with Crippen LogP contribution in [0.3, 0.4) is 0 Å². The van der Waals surface area contributed by atoms with Gasteiger partial charge in [-0.3, -0.25) is 15.0 Å². The van der Waals surface area contributed by atoms with E-state index in [1.165, 1.54) is 12.4 Å². The minimum absolute atomic E-state index is 0.0691. The Bertz CT molecular complexity index is 543. The molecule has 2 aliphatic rings. The number of ether oxygens (including phenoxy) is 1. The minimum Gasteiger partial charge on any atom is -0.373 e. The standard InChI is InChI=1S/C15H23N5O3/c1-11-8-18(9-12(2)23-11)10-13-4-3-5-19(13)15-16-6-14(7-17-15)20(21)22/h6-7,11-13H,3-5,8-10H2,1-2H3/t11-,12-,13-/m1/s1. The van der Waals surface area contributed by atoms with Crippen LogP contribution < -0.4 is 4.90 Å². The van der Waals surface area contributed by atoms with Gasteiger partial charge in [0, 0.05) is 32.2 Å². The van der Waals surface area contributed by atoms with E-state index in [9.17, 15) is 10.1 Å². The van der Waals surface area contributed by atoms with E-state index in [1.54, 1.807) is 0 Å². The van der Waals surface area contributed by atoms with Crippen molar-refractivity contribution >= 4 is 11.6 Å². The molecule has 0 aliphatic carbocycles. The summed E-state index contributed by atoms with van der Waals surface area (Å²) < 4.78 is 5.78. The molecule has 2 aliphatic heterocycles. The van der Waals surface area contributed by atoms with Crippen LogP contribution in [-0.2, 0) is 4.74 Å². The molecule has 0 unspecified atom stereocenters. The summed E-state index contributed by atoms with van der Waals surface area (Å²) in [6, 6.07) is 0.356. The number of anilines is 1. The van der Waals surface area contributed by atoms with Gasteiger partial charge in [-0.25, -0.2) is 9.97 Å². The van der Waals surface area contributed by atoms with Gasteiger partial charge in [0.25, 0.3) is 0 Å². The number of hydrogen-bond acceptors (Lipinski definition) is 7. The molecule has 8 nitrogen and oxygen atoms in total. The van der Waals surface area contributed by atoms with E-state index in [0.717, 1.165) is 39.0 Å². The third-order valence-corrected chi connectivity index (χ3v) is 4.43. The number of nitro groups is 1. The first-order chi connectivity index (χ1) is 11.0. The maximum Gasteiger partial charge on any atom is 0.305 e. The Morgan fingerprint density at radius 1 is 1.30 bits per heavy atom. The van der Waals surface area contributed by atoms with Crippen molar-refractivity contribution in [3.63, 3.8) is 0 Å². The second-order valence-corrected chi connectivity index (χ2v) is 6.46. The van der Waals surface area contributed by atoms with Crippen molar-refractivity contribution < 1.29 is 9.66 Å². The second-order valence-electron chi connectivity index (χ2n) is 6.46. The lowest BCUT2D eigenvalue weighted by Crippen LogP contribution is -2.50. The van der Waals surface area contributed by atoms with Gasteiger partial charge in [-0.1, -0.05) is 0 Å². The average Bonchev–Trinajstić information content (AvgIpc) is 2.94. The highest BCUT2D eigenvalue weighted by molar-refractivity contribution is 5.36. The van der Waals surface area contributed by atoms with Crippen molar-refractivity contribution in [1.82, 2.24) is 14.9 Å². The third-order valence-electron chi connectivity index (χ3n) is 4.43. The van der Waals surface area contributed by atoms with Crippen LogP contribution in [0, 0.1) is 10.1 Å². The largest absolute Gasteiger partial charge is 0.373 e. The first kappa shape index (κ1) is 16.1. The first-order valence-electron chi connectivity index (χ1n) is 8.14. The van der Waals surface area contributed by atoms with Crippen LogP contribution in [0.5, 0.6) is 0 Å². The summed E-state index contributed by atoms with van der Waals surface area (Å²) in [5, 5.41) is 10.7. The Balaban J connectivity index is 1.66. The fraction of sp³-hybridized carbons (Fsp3) is 0.733. The van der Waals surface area contributed by atoms with Crippen LogP contribution in [0.4, 0.5) is 11.6 Å². The Morgan fingerprint density at radius 2 is 1.96 bits per heavy atom. The maximum atomic E-state index is 10.7. The summed E-state index contributed by atoms with van der Waals surface area (Å²) in [5.74, 6) is 0.590. The summed E-state index contributed by atoms with van der Waals surface area (Å²) in [6.45, 7) is 7.95. The third kappa shape index (κ3) is 3.76. The summed E-state index contributed by atoms with van der Waals surface area (Å²) in [7, 11) is 0. The minimum atomic E-state index is -0.470. The lowest BCUT2D eigenvalue weighted by atomic mass is 10.1. The molecular weight excluding hydrogens is 298 g/mol. The molecular formula is C15H23N5O3. The highest BCUT2D eigenvalue weighted by atomic mass is 16.6. The molecule has 2 saturated heterocycles. The molecule has 3 heterocycles. The van der Waals surface area contributed by atoms with E-state index in [0.29, 0.717) is 12.0 Å². The van der Waals surface area contributed by atoms with Crippen molar-refractivity contribution in [2.75, 3.05) is 31.1 Å². The number of rotatable bonds is 4. The molecule has 3 atom stereocenters. The van der Waals surface area contributed by atoms with Gasteiger partial charge >= 0.3 is 5.69 Å². The second kappa shape index (κ2) is 6.76. The summed E-state index contributed by atoms with van der Waals surface area (Å²) in [5.41, 5.74) is -0.0691. The molecule has 0 amide bonds. The summed E-state index contributed by atoms with van der Waals surface area (Å²) >= 11 is 0. The zero-order valence-corrected chi connectivity index (χ0v) is 13.6. The predicted molar refractivity (Wildman–Crippen MR) is 85.5 cm³/mol. The molecule has 0 spiro atoms. The topological polar surface area (TPSA) is 84.6 Å². The Kier molecular flexibility index (Phi) is 4.72. The fourth-order valence-corrected chi connectivity index (χ4v) is 3.58. The van der Waals surface area contributed by atoms with E-state index >= 15 is 0 Å². The van der Waals surface area contributed by atoms with E-state index in [1.807, 2.05) is 0 Å². The van der Waals surface area contributed by atoms with Crippen molar-refractivity contribution in [3.05, 3.63) is 22.5 Å². The Labute approximate surface area is 135 Å². The molecule has 3 rings (SSSR count). The smallest absolute Gasteiger partial charge is 0.305 e. The van der Waals surface area contributed by atoms with Crippen LogP contribution in [0.15, 0.2) is 12.4 Å². The van der Waals surface area contributed by atoms with E-state index in [2.05, 4.69) is 33.6 Å². The van der Waals surface area contributed by atoms with Crippen molar-refractivity contribution in [2.45, 2.75) is 44.9 Å². The molecule has 0 aromatic carbocycles. The van der Waals surface area contributed by atoms with Crippen LogP contribution in [0.25, 0.3) is 0 Å². The molecule has 0 bridgehead atoms. The number of hydrogen-bond donors (Lipinski definition) is 0. The highest BCUT2D eigenvalue weighted by Crippen LogP contribution is 2.24. The first-order valence-corrected chi connectivity index (χ1v) is 8.14. The van der Waals surface area contributed by atoms with Crippen molar-refractivity contribution in [3.8, 4) is 0 Å². The highest BCUT2D eigenvalue weighted by Gasteiger charge is 2.31. The number of morpholine rings is 1. The Hall–Kier alpha value is -1.80. The summed E-state index contributed by atoms with van der Waals surface area (Å²) in [6.07, 6.45) is 5.28. The van der Waals surface area contributed by atoms with Gasteiger partial charge in [0.1, 0.15) is 12.4 Å². The normalized spacial score (nSPS) is 29.0. The average molecular weight is 321 g/mol. The Morgan fingerprint density at radius 3 is 2.57 bits per heavy atom. The van der Waals surface area contributed by atoms with Gasteiger partial charge in [-0.2, -0.15) is 0 Å².